The number of ether oxygens (including phenoxy) is 1. The number of pyridine rings is 1. The van der Waals surface area contributed by atoms with Gasteiger partial charge in [0.05, 0.1) is 41.4 Å². The van der Waals surface area contributed by atoms with Crippen molar-refractivity contribution in [1.29, 1.82) is 0 Å². The van der Waals surface area contributed by atoms with Crippen molar-refractivity contribution in [1.82, 2.24) is 14.1 Å². The zero-order valence-corrected chi connectivity index (χ0v) is 39.4. The number of hydrogen-bond acceptors (Lipinski definition) is 2. The molecule has 0 N–H and O–H groups in total. The molecular formula is C64H42N4OPt-2. The Morgan fingerprint density at radius 3 is 1.79 bits per heavy atom. The second kappa shape index (κ2) is 16.0. The Hall–Kier alpha value is -8.11. The van der Waals surface area contributed by atoms with Crippen LogP contribution in [0.15, 0.2) is 200 Å². The summed E-state index contributed by atoms with van der Waals surface area (Å²) < 4.78 is 184. The fourth-order valence-electron chi connectivity index (χ4n) is 9.72. The minimum Gasteiger partial charge on any atom is -0.510 e. The number of para-hydroxylation sites is 3. The molecule has 0 aliphatic carbocycles. The number of rotatable bonds is 4. The molecule has 0 saturated carbocycles. The summed E-state index contributed by atoms with van der Waals surface area (Å²) in [4.78, 5) is 4.80. The summed E-state index contributed by atoms with van der Waals surface area (Å²) in [5.41, 5.74) is -3.00. The van der Waals surface area contributed by atoms with E-state index in [-0.39, 0.29) is 65.8 Å². The molecule has 14 rings (SSSR count). The molecule has 5 heterocycles. The Morgan fingerprint density at radius 1 is 0.543 bits per heavy atom. The maximum absolute atomic E-state index is 9.98. The molecule has 0 amide bonds. The van der Waals surface area contributed by atoms with E-state index in [0.717, 1.165) is 21.9 Å². The van der Waals surface area contributed by atoms with E-state index in [0.29, 0.717) is 17.1 Å². The fourth-order valence-corrected chi connectivity index (χ4v) is 9.72. The third-order valence-electron chi connectivity index (χ3n) is 12.8. The first-order valence-electron chi connectivity index (χ1n) is 31.1. The van der Waals surface area contributed by atoms with Crippen molar-refractivity contribution in [3.63, 3.8) is 0 Å². The summed E-state index contributed by atoms with van der Waals surface area (Å²) in [7, 11) is 0. The summed E-state index contributed by atoms with van der Waals surface area (Å²) in [5, 5.41) is 1.86. The minimum absolute atomic E-state index is 0. The zero-order valence-electron chi connectivity index (χ0n) is 55.2. The number of aromatic nitrogens is 4. The monoisotopic (exact) mass is 1100 g/mol. The van der Waals surface area contributed by atoms with E-state index >= 15 is 0 Å². The average molecular weight is 1100 g/mol. The van der Waals surface area contributed by atoms with Gasteiger partial charge in [-0.3, -0.25) is 4.57 Å². The van der Waals surface area contributed by atoms with Crippen molar-refractivity contribution >= 4 is 32.8 Å². The third-order valence-corrected chi connectivity index (χ3v) is 12.8. The molecule has 0 atom stereocenters. The van der Waals surface area contributed by atoms with Gasteiger partial charge in [0.1, 0.15) is 5.82 Å². The Bertz CT molecular complexity index is 5190. The van der Waals surface area contributed by atoms with Gasteiger partial charge in [0.25, 0.3) is 6.33 Å². The van der Waals surface area contributed by atoms with Gasteiger partial charge >= 0.3 is 0 Å². The molecule has 70 heavy (non-hydrogen) atoms. The summed E-state index contributed by atoms with van der Waals surface area (Å²) in [6.45, 7) is 6.39. The maximum atomic E-state index is 9.98. The SMILES string of the molecule is [2H]c1c([2H])c([2H])c2c(c1[2H])-c1c([2H])c([2H])c([2H])c([2H])c1-c1c([2H])c([2H])c([2H])c3c1-[n+]1[c-]n(-c4[c-]c(Oc5[c-]c6c(cc5)c5ccccc5n6-c5cc(C(C)(C)C)ccn5)ccc4)c4cccc(c41)-c1c-2c([2H])c([2H])c([2H])c1-c1c([2H])c([2H])c([2H])c([2H])c1-3.[Pt]. The summed E-state index contributed by atoms with van der Waals surface area (Å²) >= 11 is 0. The average Bonchev–Trinajstić information content (AvgIpc) is 1.32. The first kappa shape index (κ1) is 27.2. The van der Waals surface area contributed by atoms with Crippen LogP contribution in [0.3, 0.4) is 0 Å². The Balaban J connectivity index is 0.00000714. The number of nitrogens with zero attached hydrogens (tertiary/aromatic N) is 4. The molecule has 0 fully saturated rings. The molecule has 9 aromatic carbocycles. The molecule has 6 heteroatoms. The number of benzene rings is 9. The van der Waals surface area contributed by atoms with Crippen molar-refractivity contribution in [3.05, 3.63) is 224 Å². The smallest absolute Gasteiger partial charge is 0.268 e. The first-order chi connectivity index (χ1) is 41.3. The molecule has 336 valence electrons. The van der Waals surface area contributed by atoms with Crippen LogP contribution in [0.2, 0.25) is 0 Å². The molecule has 0 unspecified atom stereocenters. The third kappa shape index (κ3) is 6.35. The molecule has 2 aliphatic heterocycles. The van der Waals surface area contributed by atoms with Crippen molar-refractivity contribution < 1.29 is 55.0 Å². The van der Waals surface area contributed by atoms with Crippen LogP contribution in [0.25, 0.3) is 117 Å². The number of imidazole rings is 1. The van der Waals surface area contributed by atoms with Crippen molar-refractivity contribution in [2.24, 2.45) is 0 Å². The molecule has 0 radical (unpaired) electrons. The molecule has 12 aromatic rings. The summed E-state index contributed by atoms with van der Waals surface area (Å²) in [5.74, 6) is 1.16. The van der Waals surface area contributed by atoms with Gasteiger partial charge in [-0.15, -0.1) is 29.7 Å². The van der Waals surface area contributed by atoms with Crippen LogP contribution in [0.5, 0.6) is 11.5 Å². The zero-order chi connectivity index (χ0) is 61.6. The van der Waals surface area contributed by atoms with Gasteiger partial charge in [-0.05, 0) is 107 Å². The fraction of sp³-hybridized carbons (Fsp3) is 0.0625. The minimum atomic E-state index is -0.880. The van der Waals surface area contributed by atoms with E-state index in [2.05, 4.69) is 45.3 Å². The molecule has 3 aromatic heterocycles. The standard InChI is InChI=1S/C64H42N4O.Pt/c1-64(2,3)40-34-35-65-60(36-40)68-57-30-11-10-24-50(57)51-33-32-43(38-59(51)68)69-42-17-12-16-41(37-42)66-39-67-62-54-27-14-28-55(62)49-23-9-7-21-47(49)53-26-13-25-52(61(53)56-29-15-31-58(66)63(56)67)46-20-6-4-18-44(46)45-19-5-8-22-48(45)54;/h4-36H,1-3H3;/q-2;/i4D,5D,6D,7D,8D,9D,13D,14D,18D,19D,20D,21D,22D,23D,25D,26D,27D,28D;. The van der Waals surface area contributed by atoms with Gasteiger partial charge in [0, 0.05) is 44.3 Å². The normalized spacial score (nSPS) is 15.7. The van der Waals surface area contributed by atoms with Gasteiger partial charge in [0.15, 0.2) is 0 Å². The van der Waals surface area contributed by atoms with E-state index in [4.69, 9.17) is 16.6 Å². The Morgan fingerprint density at radius 2 is 1.11 bits per heavy atom. The maximum Gasteiger partial charge on any atom is 0.268 e. The van der Waals surface area contributed by atoms with Gasteiger partial charge in [0.2, 0.25) is 0 Å². The predicted molar refractivity (Wildman–Crippen MR) is 278 cm³/mol. The second-order valence-electron chi connectivity index (χ2n) is 17.8. The van der Waals surface area contributed by atoms with Gasteiger partial charge < -0.3 is 13.9 Å². The van der Waals surface area contributed by atoms with E-state index in [1.165, 1.54) is 15.2 Å². The summed E-state index contributed by atoms with van der Waals surface area (Å²) in [6.07, 6.45) is 5.13. The molecule has 0 saturated heterocycles. The van der Waals surface area contributed by atoms with Crippen LogP contribution in [0.1, 0.15) is 51.0 Å². The van der Waals surface area contributed by atoms with Crippen LogP contribution >= 0.6 is 0 Å². The van der Waals surface area contributed by atoms with Gasteiger partial charge in [-0.2, -0.15) is 18.2 Å². The molecule has 0 spiro atoms. The topological polar surface area (TPSA) is 35.9 Å². The first-order valence-corrected chi connectivity index (χ1v) is 22.1. The van der Waals surface area contributed by atoms with E-state index in [1.54, 1.807) is 42.6 Å². The van der Waals surface area contributed by atoms with Crippen LogP contribution in [0.4, 0.5) is 0 Å². The number of hydrogen-bond donors (Lipinski definition) is 0. The largest absolute Gasteiger partial charge is 0.510 e. The molecule has 5 nitrogen and oxygen atoms in total. The van der Waals surface area contributed by atoms with Crippen LogP contribution in [-0.2, 0) is 26.5 Å². The molecule has 2 bridgehead atoms. The van der Waals surface area contributed by atoms with Gasteiger partial charge in [-0.25, -0.2) is 4.98 Å². The van der Waals surface area contributed by atoms with Crippen LogP contribution in [0, 0.1) is 18.5 Å². The van der Waals surface area contributed by atoms with E-state index in [9.17, 15) is 17.8 Å². The quantitative estimate of drug-likeness (QED) is 0.130. The Labute approximate surface area is 446 Å². The van der Waals surface area contributed by atoms with E-state index in [1.807, 2.05) is 41.0 Å². The Kier molecular flexibility index (Phi) is 6.20. The molecule has 2 aliphatic rings. The van der Waals surface area contributed by atoms with Crippen LogP contribution in [-0.4, -0.2) is 14.1 Å². The summed E-state index contributed by atoms with van der Waals surface area (Å²) in [6, 6.07) is 17.3. The predicted octanol–water partition coefficient (Wildman–Crippen LogP) is 15.5. The van der Waals surface area contributed by atoms with Crippen molar-refractivity contribution in [3.8, 4) is 95.5 Å². The van der Waals surface area contributed by atoms with Crippen molar-refractivity contribution in [2.45, 2.75) is 26.2 Å². The van der Waals surface area contributed by atoms with Gasteiger partial charge in [-0.1, -0.05) is 171 Å². The van der Waals surface area contributed by atoms with Crippen LogP contribution < -0.4 is 9.30 Å². The van der Waals surface area contributed by atoms with E-state index < -0.39 is 164 Å². The molecular weight excluding hydrogens is 1040 g/mol. The number of fused-ring (bicyclic) bond motifs is 11. The van der Waals surface area contributed by atoms with Crippen molar-refractivity contribution in [2.75, 3.05) is 0 Å². The second-order valence-corrected chi connectivity index (χ2v) is 17.8.